The first kappa shape index (κ1) is 77.3. The molecule has 100 heavy (non-hydrogen) atoms. The first-order valence-corrected chi connectivity index (χ1v) is 35.2. The maximum atomic E-state index is 15.3. The lowest BCUT2D eigenvalue weighted by Gasteiger charge is -2.31. The van der Waals surface area contributed by atoms with Crippen LogP contribution in [-0.2, 0) is 78.4 Å². The van der Waals surface area contributed by atoms with Gasteiger partial charge in [0.2, 0.25) is 53.2 Å². The average Bonchev–Trinajstić information content (AvgIpc) is 1.50. The van der Waals surface area contributed by atoms with E-state index in [0.29, 0.717) is 55.3 Å². The van der Waals surface area contributed by atoms with Crippen molar-refractivity contribution in [2.45, 2.75) is 150 Å². The number of aromatic nitrogens is 2. The van der Waals surface area contributed by atoms with Crippen LogP contribution in [0.5, 0.6) is 0 Å². The molecule has 4 heterocycles. The van der Waals surface area contributed by atoms with Gasteiger partial charge in [-0.15, -0.1) is 0 Å². The highest BCUT2D eigenvalue weighted by Crippen LogP contribution is 2.31. The summed E-state index contributed by atoms with van der Waals surface area (Å²) in [5, 5.41) is 43.9. The van der Waals surface area contributed by atoms with E-state index in [1.54, 1.807) is 62.4 Å². The second-order valence-corrected chi connectivity index (χ2v) is 27.5. The topological polar surface area (TPSA) is 475 Å². The second-order valence-electron chi connectivity index (χ2n) is 24.6. The Bertz CT molecular complexity index is 3730. The standard InChI is InChI=1S/C67H86ClN19O11S2/c1-37(2)29-48-56(91)80-47(16-9-27-77-67(72)73)65(98)87-28-10-17-53(87)61(96)86-63(54(69)89)99-100-64(62(97)79-46(15-8-26-76-66(70)71)55(90)82-51(59(94)81-48)33-41-11-6-24-74-35-41)85-60(95)52(34-42-12-7-25-75-36-42)84-58(93)50(31-39-19-22-45(68)23-20-39)83-57(92)49(78-38(3)88)32-40-18-21-43-13-4-5-14-44(43)30-40/h4-7,11-14,18-25,30,35-37,46-53,63-64H,8-10,15-17,26-29,31-34H2,1-3H3,(H2,69,89)(H,78,88)(H,79,97)(H,80,91)(H,81,94)(H,82,90)(H,83,92)(H,84,93)(H,85,95)(H,86,96)(H4,70,71,76)(H4,72,73,77)/t46-,47-,48-,49+,50+,51+,52+,53-,63-,64-/m0/s1. The SMILES string of the molecule is CC(=O)N[C@H](Cc1ccc2ccccc2c1)C(=O)N[C@H](Cc1ccc(Cl)cc1)C(=O)N[C@H](Cc1cccnc1)C(=O)N[C@H]1SS[C@@H](C(N)=O)NC(=O)[C@@H]2CCCN2C(=O)[C@H](CCCNC(=N)N)NC(=O)[C@H](CC(C)C)NC(=O)[C@@H](Cc2cccnc2)NC(=O)[C@H](CCCNC(=N)N)NC1=O. The van der Waals surface area contributed by atoms with Crippen molar-refractivity contribution in [3.63, 3.8) is 0 Å². The zero-order valence-corrected chi connectivity index (χ0v) is 57.9. The number of pyridine rings is 2. The molecule has 0 unspecified atom stereocenters. The van der Waals surface area contributed by atoms with Crippen molar-refractivity contribution in [1.82, 2.24) is 73.4 Å². The van der Waals surface area contributed by atoms with E-state index in [9.17, 15) is 38.4 Å². The molecule has 0 aliphatic carbocycles. The van der Waals surface area contributed by atoms with Crippen molar-refractivity contribution < 1.29 is 52.7 Å². The highest BCUT2D eigenvalue weighted by Gasteiger charge is 2.42. The molecule has 19 N–H and O–H groups in total. The molecule has 7 rings (SSSR count). The van der Waals surface area contributed by atoms with Gasteiger partial charge in [0.15, 0.2) is 22.7 Å². The maximum absolute atomic E-state index is 15.3. The van der Waals surface area contributed by atoms with Gasteiger partial charge in [-0.05, 0) is 108 Å². The van der Waals surface area contributed by atoms with Crippen molar-refractivity contribution in [3.8, 4) is 0 Å². The lowest BCUT2D eigenvalue weighted by molar-refractivity contribution is -0.142. The number of hydrogen-bond acceptors (Lipinski definition) is 17. The Morgan fingerprint density at radius 3 is 1.75 bits per heavy atom. The minimum absolute atomic E-state index is 0.00796. The van der Waals surface area contributed by atoms with Crippen LogP contribution in [0.4, 0.5) is 0 Å². The monoisotopic (exact) mass is 1430 g/mol. The van der Waals surface area contributed by atoms with Crippen LogP contribution in [0.3, 0.4) is 0 Å². The molecule has 0 saturated carbocycles. The quantitative estimate of drug-likeness (QED) is 0.0153. The number of carbonyl (C=O) groups excluding carboxylic acids is 11. The first-order chi connectivity index (χ1) is 47.8. The van der Waals surface area contributed by atoms with E-state index in [-0.39, 0.29) is 95.7 Å². The number of primary amides is 1. The molecule has 2 aliphatic rings. The predicted molar refractivity (Wildman–Crippen MR) is 379 cm³/mol. The Balaban J connectivity index is 1.27. The number of nitrogens with zero attached hydrogens (tertiary/aromatic N) is 3. The molecule has 0 radical (unpaired) electrons. The molecule has 534 valence electrons. The minimum Gasteiger partial charge on any atom is -0.370 e. The Morgan fingerprint density at radius 2 is 1.14 bits per heavy atom. The zero-order chi connectivity index (χ0) is 72.4. The minimum atomic E-state index is -1.87. The van der Waals surface area contributed by atoms with Gasteiger partial charge in [-0.1, -0.05) is 114 Å². The largest absolute Gasteiger partial charge is 0.370 e. The smallest absolute Gasteiger partial charge is 0.254 e. The van der Waals surface area contributed by atoms with Crippen molar-refractivity contribution in [1.29, 1.82) is 10.8 Å². The summed E-state index contributed by atoms with van der Waals surface area (Å²) in [5.74, 6) is -10.5. The van der Waals surface area contributed by atoms with Gasteiger partial charge in [0.25, 0.3) is 11.8 Å². The predicted octanol–water partition coefficient (Wildman–Crippen LogP) is 0.296. The van der Waals surface area contributed by atoms with Gasteiger partial charge in [-0.3, -0.25) is 73.5 Å². The second kappa shape index (κ2) is 38.3. The van der Waals surface area contributed by atoms with Crippen LogP contribution in [0.25, 0.3) is 10.8 Å². The molecular weight excluding hydrogens is 1350 g/mol. The molecule has 30 nitrogen and oxygen atoms in total. The van der Waals surface area contributed by atoms with E-state index in [1.807, 2.05) is 42.5 Å². The zero-order valence-electron chi connectivity index (χ0n) is 55.5. The molecule has 10 atom stereocenters. The molecule has 3 aromatic carbocycles. The van der Waals surface area contributed by atoms with Crippen LogP contribution in [0, 0.1) is 16.7 Å². The van der Waals surface area contributed by atoms with Crippen molar-refractivity contribution in [3.05, 3.63) is 143 Å². The molecule has 2 fully saturated rings. The van der Waals surface area contributed by atoms with Gasteiger partial charge in [0, 0.05) is 82.1 Å². The Hall–Kier alpha value is -10.1. The number of hydrogen-bond donors (Lipinski definition) is 16. The molecule has 2 saturated heterocycles. The molecule has 2 aromatic heterocycles. The molecule has 5 aromatic rings. The van der Waals surface area contributed by atoms with Gasteiger partial charge in [0.05, 0.1) is 0 Å². The molecule has 0 spiro atoms. The summed E-state index contributed by atoms with van der Waals surface area (Å²) in [5.41, 5.74) is 19.2. The fourth-order valence-electron chi connectivity index (χ4n) is 11.3. The van der Waals surface area contributed by atoms with Crippen LogP contribution in [0.1, 0.15) is 88.0 Å². The average molecular weight is 1430 g/mol. The summed E-state index contributed by atoms with van der Waals surface area (Å²) in [6.07, 6.45) is 5.64. The number of benzene rings is 3. The van der Waals surface area contributed by atoms with Gasteiger partial charge >= 0.3 is 0 Å². The van der Waals surface area contributed by atoms with E-state index in [4.69, 9.17) is 39.6 Å². The number of fused-ring (bicyclic) bond motifs is 2. The summed E-state index contributed by atoms with van der Waals surface area (Å²) < 4.78 is 0. The van der Waals surface area contributed by atoms with Crippen molar-refractivity contribution in [2.24, 2.45) is 23.1 Å². The lowest BCUT2D eigenvalue weighted by Crippen LogP contribution is -2.60. The van der Waals surface area contributed by atoms with Gasteiger partial charge < -0.3 is 80.6 Å². The summed E-state index contributed by atoms with van der Waals surface area (Å²) in [7, 11) is 1.04. The lowest BCUT2D eigenvalue weighted by atomic mass is 9.99. The number of guanidine groups is 2. The van der Waals surface area contributed by atoms with E-state index < -0.39 is 130 Å². The third-order valence-electron chi connectivity index (χ3n) is 16.2. The van der Waals surface area contributed by atoms with E-state index >= 15 is 14.4 Å². The molecule has 11 amide bonds. The number of halogens is 1. The van der Waals surface area contributed by atoms with Gasteiger partial charge in [0.1, 0.15) is 48.3 Å². The van der Waals surface area contributed by atoms with Gasteiger partial charge in [-0.2, -0.15) is 0 Å². The van der Waals surface area contributed by atoms with Crippen molar-refractivity contribution >= 4 is 121 Å². The molecule has 33 heteroatoms. The van der Waals surface area contributed by atoms with Crippen LogP contribution in [0.2, 0.25) is 5.02 Å². The molecule has 0 bridgehead atoms. The number of amides is 11. The highest BCUT2D eigenvalue weighted by molar-refractivity contribution is 8.77. The fourth-order valence-corrected chi connectivity index (χ4v) is 13.7. The van der Waals surface area contributed by atoms with E-state index in [1.165, 1.54) is 36.6 Å². The Morgan fingerprint density at radius 1 is 0.600 bits per heavy atom. The third-order valence-corrected chi connectivity index (χ3v) is 19.1. The van der Waals surface area contributed by atoms with E-state index in [0.717, 1.165) is 10.8 Å². The summed E-state index contributed by atoms with van der Waals surface area (Å²) in [4.78, 5) is 170. The summed E-state index contributed by atoms with van der Waals surface area (Å²) >= 11 is 6.27. The third kappa shape index (κ3) is 24.4. The number of carbonyl (C=O) groups is 11. The number of nitrogens with two attached hydrogens (primary N) is 3. The highest BCUT2D eigenvalue weighted by atomic mass is 35.5. The first-order valence-electron chi connectivity index (χ1n) is 32.6. The normalized spacial score (nSPS) is 20.4. The maximum Gasteiger partial charge on any atom is 0.254 e. The Kier molecular flexibility index (Phi) is 29.6. The molecule has 2 aliphatic heterocycles. The van der Waals surface area contributed by atoms with Crippen LogP contribution < -0.4 is 75.7 Å². The van der Waals surface area contributed by atoms with E-state index in [2.05, 4.69) is 68.5 Å². The van der Waals surface area contributed by atoms with Crippen molar-refractivity contribution in [2.75, 3.05) is 19.6 Å². The molecular formula is C67H86ClN19O11S2. The fraction of sp³-hybridized carbons (Fsp3) is 0.418. The Labute approximate surface area is 591 Å². The summed E-state index contributed by atoms with van der Waals surface area (Å²) in [6.45, 7) is 5.01. The van der Waals surface area contributed by atoms with Gasteiger partial charge in [-0.25, -0.2) is 0 Å². The number of nitrogens with one attached hydrogen (secondary N) is 13. The number of rotatable bonds is 26. The van der Waals surface area contributed by atoms with Crippen LogP contribution in [-0.4, -0.2) is 170 Å². The summed E-state index contributed by atoms with van der Waals surface area (Å²) in [6, 6.07) is 14.9. The van der Waals surface area contributed by atoms with Crippen LogP contribution >= 0.6 is 33.2 Å². The van der Waals surface area contributed by atoms with Crippen LogP contribution in [0.15, 0.2) is 116 Å².